The molecule has 0 bridgehead atoms. The van der Waals surface area contributed by atoms with Crippen LogP contribution in [0.3, 0.4) is 0 Å². The standard InChI is InChI=1S/C16H11Br2ClN4OS/c17-10-3-6-12(18)13(7-10)20-14(24)8-25-16-21-15(22-23-16)9-1-4-11(19)5-2-9/h1-7H,8H2,(H,20,24)(H,21,22,23). The predicted molar refractivity (Wildman–Crippen MR) is 108 cm³/mol. The molecule has 0 saturated carbocycles. The summed E-state index contributed by atoms with van der Waals surface area (Å²) in [6.45, 7) is 0. The fraction of sp³-hybridized carbons (Fsp3) is 0.0625. The average molecular weight is 503 g/mol. The van der Waals surface area contributed by atoms with Crippen LogP contribution in [-0.2, 0) is 4.79 Å². The molecule has 2 N–H and O–H groups in total. The Morgan fingerprint density at radius 1 is 1.20 bits per heavy atom. The number of nitrogens with zero attached hydrogens (tertiary/aromatic N) is 2. The van der Waals surface area contributed by atoms with Crippen LogP contribution in [0.2, 0.25) is 5.02 Å². The molecule has 0 spiro atoms. The Morgan fingerprint density at radius 2 is 1.96 bits per heavy atom. The molecular formula is C16H11Br2ClN4OS. The highest BCUT2D eigenvalue weighted by Crippen LogP contribution is 2.27. The lowest BCUT2D eigenvalue weighted by Crippen LogP contribution is -2.14. The van der Waals surface area contributed by atoms with Crippen LogP contribution in [0.15, 0.2) is 56.6 Å². The summed E-state index contributed by atoms with van der Waals surface area (Å²) in [6, 6.07) is 12.9. The van der Waals surface area contributed by atoms with E-state index in [-0.39, 0.29) is 11.7 Å². The zero-order valence-electron chi connectivity index (χ0n) is 12.6. The summed E-state index contributed by atoms with van der Waals surface area (Å²) in [5.74, 6) is 0.701. The lowest BCUT2D eigenvalue weighted by molar-refractivity contribution is -0.113. The zero-order valence-corrected chi connectivity index (χ0v) is 17.3. The molecule has 0 aliphatic heterocycles. The number of hydrogen-bond acceptors (Lipinski definition) is 4. The second-order valence-electron chi connectivity index (χ2n) is 4.93. The quantitative estimate of drug-likeness (QED) is 0.460. The molecule has 0 radical (unpaired) electrons. The third-order valence-electron chi connectivity index (χ3n) is 3.12. The molecule has 3 rings (SSSR count). The third kappa shape index (κ3) is 5.07. The molecule has 25 heavy (non-hydrogen) atoms. The third-order valence-corrected chi connectivity index (χ3v) is 5.40. The van der Waals surface area contributed by atoms with E-state index in [4.69, 9.17) is 11.6 Å². The Hall–Kier alpha value is -1.35. The predicted octanol–water partition coefficient (Wildman–Crippen LogP) is 5.38. The number of aromatic nitrogens is 3. The first-order valence-corrected chi connectivity index (χ1v) is 10.0. The van der Waals surface area contributed by atoms with Gasteiger partial charge in [-0.25, -0.2) is 4.98 Å². The van der Waals surface area contributed by atoms with Crippen LogP contribution in [0.1, 0.15) is 0 Å². The maximum atomic E-state index is 12.1. The minimum Gasteiger partial charge on any atom is -0.324 e. The second kappa shape index (κ2) is 8.35. The van der Waals surface area contributed by atoms with E-state index in [0.717, 1.165) is 14.5 Å². The number of anilines is 1. The molecule has 2 aromatic carbocycles. The summed E-state index contributed by atoms with van der Waals surface area (Å²) in [7, 11) is 0. The monoisotopic (exact) mass is 500 g/mol. The van der Waals surface area contributed by atoms with Crippen LogP contribution in [0.4, 0.5) is 5.69 Å². The van der Waals surface area contributed by atoms with Crippen LogP contribution in [0.25, 0.3) is 11.4 Å². The Balaban J connectivity index is 1.59. The fourth-order valence-electron chi connectivity index (χ4n) is 1.96. The first-order valence-electron chi connectivity index (χ1n) is 7.07. The van der Waals surface area contributed by atoms with E-state index < -0.39 is 0 Å². The van der Waals surface area contributed by atoms with E-state index in [2.05, 4.69) is 52.4 Å². The van der Waals surface area contributed by atoms with Crippen molar-refractivity contribution in [3.63, 3.8) is 0 Å². The highest BCUT2D eigenvalue weighted by atomic mass is 79.9. The number of aromatic amines is 1. The van der Waals surface area contributed by atoms with Crippen molar-refractivity contribution < 1.29 is 4.79 Å². The van der Waals surface area contributed by atoms with Crippen LogP contribution < -0.4 is 5.32 Å². The van der Waals surface area contributed by atoms with Crippen LogP contribution in [0.5, 0.6) is 0 Å². The Kier molecular flexibility index (Phi) is 6.16. The van der Waals surface area contributed by atoms with E-state index in [1.54, 1.807) is 12.1 Å². The van der Waals surface area contributed by atoms with E-state index in [9.17, 15) is 4.79 Å². The van der Waals surface area contributed by atoms with Gasteiger partial charge in [-0.05, 0) is 58.4 Å². The highest BCUT2D eigenvalue weighted by Gasteiger charge is 2.10. The van der Waals surface area contributed by atoms with Gasteiger partial charge in [0.2, 0.25) is 11.1 Å². The van der Waals surface area contributed by atoms with Gasteiger partial charge >= 0.3 is 0 Å². The summed E-state index contributed by atoms with van der Waals surface area (Å²) in [5, 5.41) is 11.0. The molecule has 0 unspecified atom stereocenters. The Labute approximate surface area is 170 Å². The van der Waals surface area contributed by atoms with Crippen molar-refractivity contribution in [1.29, 1.82) is 0 Å². The number of benzene rings is 2. The molecule has 9 heteroatoms. The van der Waals surface area contributed by atoms with Crippen molar-refractivity contribution in [2.24, 2.45) is 0 Å². The first kappa shape index (κ1) is 18.4. The molecule has 5 nitrogen and oxygen atoms in total. The number of nitrogens with one attached hydrogen (secondary N) is 2. The van der Waals surface area contributed by atoms with Crippen molar-refractivity contribution in [2.75, 3.05) is 11.1 Å². The molecule has 0 fully saturated rings. The normalized spacial score (nSPS) is 10.7. The van der Waals surface area contributed by atoms with Gasteiger partial charge < -0.3 is 5.32 Å². The zero-order chi connectivity index (χ0) is 17.8. The topological polar surface area (TPSA) is 70.7 Å². The first-order chi connectivity index (χ1) is 12.0. The van der Waals surface area contributed by atoms with Crippen LogP contribution >= 0.6 is 55.2 Å². The molecule has 0 aliphatic rings. The highest BCUT2D eigenvalue weighted by molar-refractivity contribution is 9.11. The van der Waals surface area contributed by atoms with Crippen molar-refractivity contribution in [3.8, 4) is 11.4 Å². The lowest BCUT2D eigenvalue weighted by atomic mass is 10.2. The molecular weight excluding hydrogens is 492 g/mol. The van der Waals surface area contributed by atoms with Crippen molar-refractivity contribution in [1.82, 2.24) is 15.2 Å². The molecule has 1 aromatic heterocycles. The van der Waals surface area contributed by atoms with Gasteiger partial charge in [0, 0.05) is 19.5 Å². The van der Waals surface area contributed by atoms with Crippen molar-refractivity contribution in [2.45, 2.75) is 5.16 Å². The van der Waals surface area contributed by atoms with Gasteiger partial charge in [0.25, 0.3) is 0 Å². The van der Waals surface area contributed by atoms with Gasteiger partial charge in [0.15, 0.2) is 5.82 Å². The summed E-state index contributed by atoms with van der Waals surface area (Å²) in [6.07, 6.45) is 0. The SMILES string of the molecule is O=C(CSc1n[nH]c(-c2ccc(Cl)cc2)n1)Nc1cc(Br)ccc1Br. The average Bonchev–Trinajstić information content (AvgIpc) is 3.06. The summed E-state index contributed by atoms with van der Waals surface area (Å²) < 4.78 is 1.71. The summed E-state index contributed by atoms with van der Waals surface area (Å²) >= 11 is 13.9. The molecule has 0 aliphatic carbocycles. The van der Waals surface area contributed by atoms with E-state index in [1.165, 1.54) is 11.8 Å². The lowest BCUT2D eigenvalue weighted by Gasteiger charge is -2.07. The molecule has 128 valence electrons. The second-order valence-corrected chi connectivity index (χ2v) is 8.08. The van der Waals surface area contributed by atoms with E-state index >= 15 is 0 Å². The molecule has 0 saturated heterocycles. The molecule has 1 amide bonds. The fourth-order valence-corrected chi connectivity index (χ4v) is 3.39. The van der Waals surface area contributed by atoms with Gasteiger partial charge in [-0.15, -0.1) is 5.10 Å². The van der Waals surface area contributed by atoms with Gasteiger partial charge in [-0.2, -0.15) is 0 Å². The number of amides is 1. The minimum absolute atomic E-state index is 0.137. The largest absolute Gasteiger partial charge is 0.324 e. The van der Waals surface area contributed by atoms with Gasteiger partial charge in [-0.1, -0.05) is 39.3 Å². The Bertz CT molecular complexity index is 901. The van der Waals surface area contributed by atoms with Crippen molar-refractivity contribution >= 4 is 66.8 Å². The van der Waals surface area contributed by atoms with Crippen LogP contribution in [0, 0.1) is 0 Å². The maximum absolute atomic E-state index is 12.1. The molecule has 1 heterocycles. The molecule has 3 aromatic rings. The van der Waals surface area contributed by atoms with E-state index in [0.29, 0.717) is 21.7 Å². The van der Waals surface area contributed by atoms with Crippen molar-refractivity contribution in [3.05, 3.63) is 56.4 Å². The van der Waals surface area contributed by atoms with Gasteiger partial charge in [0.05, 0.1) is 11.4 Å². The maximum Gasteiger partial charge on any atom is 0.234 e. The number of hydrogen-bond donors (Lipinski definition) is 2. The molecule has 0 atom stereocenters. The number of H-pyrrole nitrogens is 1. The number of halogens is 3. The van der Waals surface area contributed by atoms with Gasteiger partial charge in [-0.3, -0.25) is 9.89 Å². The summed E-state index contributed by atoms with van der Waals surface area (Å²) in [4.78, 5) is 16.5. The summed E-state index contributed by atoms with van der Waals surface area (Å²) in [5.41, 5.74) is 1.59. The minimum atomic E-state index is -0.137. The Morgan fingerprint density at radius 3 is 2.72 bits per heavy atom. The number of carbonyl (C=O) groups excluding carboxylic acids is 1. The smallest absolute Gasteiger partial charge is 0.234 e. The number of rotatable bonds is 5. The van der Waals surface area contributed by atoms with E-state index in [1.807, 2.05) is 30.3 Å². The van der Waals surface area contributed by atoms with Crippen LogP contribution in [-0.4, -0.2) is 26.8 Å². The number of carbonyl (C=O) groups is 1. The number of thioether (sulfide) groups is 1. The van der Waals surface area contributed by atoms with Gasteiger partial charge in [0.1, 0.15) is 0 Å².